The number of pyridine rings is 1. The van der Waals surface area contributed by atoms with Crippen molar-refractivity contribution in [3.05, 3.63) is 30.2 Å². The van der Waals surface area contributed by atoms with E-state index in [1.807, 2.05) is 28.8 Å². The largest absolute Gasteiger partial charge is 0.482 e. The third-order valence-electron chi connectivity index (χ3n) is 2.11. The van der Waals surface area contributed by atoms with E-state index < -0.39 is 0 Å². The fourth-order valence-electron chi connectivity index (χ4n) is 1.49. The molecule has 0 amide bonds. The Balaban J connectivity index is 2.76. The van der Waals surface area contributed by atoms with Crippen molar-refractivity contribution >= 4 is 5.52 Å². The summed E-state index contributed by atoms with van der Waals surface area (Å²) in [5.74, 6) is 1.87. The summed E-state index contributed by atoms with van der Waals surface area (Å²) in [4.78, 5) is 4.31. The number of fused-ring (bicyclic) bond motifs is 1. The summed E-state index contributed by atoms with van der Waals surface area (Å²) in [6.45, 7) is 2.08. The first-order valence-electron chi connectivity index (χ1n) is 4.36. The van der Waals surface area contributed by atoms with E-state index in [1.165, 1.54) is 0 Å². The van der Waals surface area contributed by atoms with Crippen LogP contribution in [0.1, 0.15) is 12.7 Å². The number of rotatable bonds is 2. The lowest BCUT2D eigenvalue weighted by molar-refractivity contribution is 0.390. The Bertz CT molecular complexity index is 420. The van der Waals surface area contributed by atoms with E-state index in [2.05, 4.69) is 11.9 Å². The van der Waals surface area contributed by atoms with Crippen molar-refractivity contribution in [2.75, 3.05) is 7.11 Å². The van der Waals surface area contributed by atoms with Crippen LogP contribution < -0.4 is 4.74 Å². The molecular formula is C10H12N2O. The zero-order valence-corrected chi connectivity index (χ0v) is 7.82. The second-order valence-electron chi connectivity index (χ2n) is 2.86. The molecule has 2 aromatic heterocycles. The highest BCUT2D eigenvalue weighted by Crippen LogP contribution is 2.16. The van der Waals surface area contributed by atoms with Gasteiger partial charge < -0.3 is 4.74 Å². The third kappa shape index (κ3) is 1.16. The van der Waals surface area contributed by atoms with Crippen molar-refractivity contribution < 1.29 is 4.74 Å². The number of hydrogen-bond acceptors (Lipinski definition) is 2. The molecule has 0 saturated carbocycles. The number of ether oxygens (including phenoxy) is 1. The first-order valence-corrected chi connectivity index (χ1v) is 4.36. The van der Waals surface area contributed by atoms with Gasteiger partial charge in [-0.1, -0.05) is 13.0 Å². The predicted molar refractivity (Wildman–Crippen MR) is 51.1 cm³/mol. The topological polar surface area (TPSA) is 26.5 Å². The second kappa shape index (κ2) is 3.09. The van der Waals surface area contributed by atoms with Gasteiger partial charge in [-0.05, 0) is 12.1 Å². The first kappa shape index (κ1) is 8.10. The molecular weight excluding hydrogens is 164 g/mol. The number of nitrogens with zero attached hydrogens (tertiary/aromatic N) is 2. The van der Waals surface area contributed by atoms with Gasteiger partial charge in [0.05, 0.1) is 18.8 Å². The molecule has 0 unspecified atom stereocenters. The Hall–Kier alpha value is -1.51. The van der Waals surface area contributed by atoms with Gasteiger partial charge in [-0.25, -0.2) is 4.98 Å². The molecule has 0 bridgehead atoms. The van der Waals surface area contributed by atoms with Crippen LogP contribution in [0.3, 0.4) is 0 Å². The summed E-state index contributed by atoms with van der Waals surface area (Å²) in [7, 11) is 1.67. The summed E-state index contributed by atoms with van der Waals surface area (Å²) in [6, 6.07) is 5.93. The van der Waals surface area contributed by atoms with Crippen molar-refractivity contribution in [2.24, 2.45) is 0 Å². The fraction of sp³-hybridized carbons (Fsp3) is 0.300. The van der Waals surface area contributed by atoms with Crippen molar-refractivity contribution in [3.8, 4) is 5.88 Å². The van der Waals surface area contributed by atoms with Gasteiger partial charge in [0.1, 0.15) is 5.82 Å². The van der Waals surface area contributed by atoms with Crippen molar-refractivity contribution in [1.82, 2.24) is 9.38 Å². The molecule has 3 heteroatoms. The molecule has 68 valence electrons. The van der Waals surface area contributed by atoms with E-state index in [-0.39, 0.29) is 0 Å². The molecule has 0 spiro atoms. The predicted octanol–water partition coefficient (Wildman–Crippen LogP) is 1.91. The molecule has 0 atom stereocenters. The molecule has 13 heavy (non-hydrogen) atoms. The highest BCUT2D eigenvalue weighted by Gasteiger charge is 2.04. The lowest BCUT2D eigenvalue weighted by atomic mass is 10.4. The summed E-state index contributed by atoms with van der Waals surface area (Å²) < 4.78 is 7.28. The van der Waals surface area contributed by atoms with Gasteiger partial charge in [-0.3, -0.25) is 4.40 Å². The van der Waals surface area contributed by atoms with Crippen LogP contribution in [0.4, 0.5) is 0 Å². The molecule has 0 saturated heterocycles. The molecule has 2 rings (SSSR count). The van der Waals surface area contributed by atoms with Crippen LogP contribution in [0.15, 0.2) is 24.4 Å². The van der Waals surface area contributed by atoms with Gasteiger partial charge in [0.2, 0.25) is 0 Å². The molecule has 3 nitrogen and oxygen atoms in total. The van der Waals surface area contributed by atoms with Gasteiger partial charge in [0.25, 0.3) is 0 Å². The quantitative estimate of drug-likeness (QED) is 0.698. The molecule has 0 N–H and O–H groups in total. The Kier molecular flexibility index (Phi) is 1.93. The lowest BCUT2D eigenvalue weighted by Crippen LogP contribution is -1.97. The van der Waals surface area contributed by atoms with E-state index in [9.17, 15) is 0 Å². The molecule has 0 radical (unpaired) electrons. The monoisotopic (exact) mass is 176 g/mol. The van der Waals surface area contributed by atoms with Crippen LogP contribution in [0.2, 0.25) is 0 Å². The fourth-order valence-corrected chi connectivity index (χ4v) is 1.49. The SMILES string of the molecule is CCc1ncc2cccc(OC)n12. The van der Waals surface area contributed by atoms with Crippen LogP contribution >= 0.6 is 0 Å². The van der Waals surface area contributed by atoms with Gasteiger partial charge in [-0.2, -0.15) is 0 Å². The molecule has 0 aliphatic rings. The zero-order chi connectivity index (χ0) is 9.26. The maximum Gasteiger partial charge on any atom is 0.199 e. The Labute approximate surface area is 77.0 Å². The van der Waals surface area contributed by atoms with E-state index in [1.54, 1.807) is 7.11 Å². The van der Waals surface area contributed by atoms with Gasteiger partial charge in [0.15, 0.2) is 5.88 Å². The summed E-state index contributed by atoms with van der Waals surface area (Å²) >= 11 is 0. The normalized spacial score (nSPS) is 10.6. The van der Waals surface area contributed by atoms with Crippen LogP contribution in [0, 0.1) is 0 Å². The highest BCUT2D eigenvalue weighted by atomic mass is 16.5. The number of aromatic nitrogens is 2. The molecule has 0 fully saturated rings. The summed E-state index contributed by atoms with van der Waals surface area (Å²) in [5, 5.41) is 0. The van der Waals surface area contributed by atoms with Gasteiger partial charge in [0, 0.05) is 6.42 Å². The van der Waals surface area contributed by atoms with E-state index in [4.69, 9.17) is 4.74 Å². The average Bonchev–Trinajstić information content (AvgIpc) is 2.60. The smallest absolute Gasteiger partial charge is 0.199 e. The average molecular weight is 176 g/mol. The van der Waals surface area contributed by atoms with E-state index in [0.717, 1.165) is 23.6 Å². The van der Waals surface area contributed by atoms with Crippen LogP contribution in [0.5, 0.6) is 5.88 Å². The highest BCUT2D eigenvalue weighted by molar-refractivity contribution is 5.49. The van der Waals surface area contributed by atoms with Crippen LogP contribution in [-0.4, -0.2) is 16.5 Å². The van der Waals surface area contributed by atoms with E-state index >= 15 is 0 Å². The molecule has 2 heterocycles. The number of imidazole rings is 1. The Morgan fingerprint density at radius 2 is 2.31 bits per heavy atom. The Morgan fingerprint density at radius 1 is 1.46 bits per heavy atom. The zero-order valence-electron chi connectivity index (χ0n) is 7.82. The molecule has 2 aromatic rings. The third-order valence-corrected chi connectivity index (χ3v) is 2.11. The number of aryl methyl sites for hydroxylation is 1. The minimum Gasteiger partial charge on any atom is -0.482 e. The summed E-state index contributed by atoms with van der Waals surface area (Å²) in [6.07, 6.45) is 2.77. The standard InChI is InChI=1S/C10H12N2O/c1-3-9-11-7-8-5-4-6-10(13-2)12(8)9/h4-7H,3H2,1-2H3. The lowest BCUT2D eigenvalue weighted by Gasteiger charge is -2.05. The molecule has 0 aliphatic carbocycles. The van der Waals surface area contributed by atoms with Crippen molar-refractivity contribution in [3.63, 3.8) is 0 Å². The maximum atomic E-state index is 5.25. The Morgan fingerprint density at radius 3 is 3.00 bits per heavy atom. The van der Waals surface area contributed by atoms with Crippen LogP contribution in [0.25, 0.3) is 5.52 Å². The molecule has 0 aromatic carbocycles. The van der Waals surface area contributed by atoms with Crippen molar-refractivity contribution in [1.29, 1.82) is 0 Å². The minimum atomic E-state index is 0.840. The van der Waals surface area contributed by atoms with Crippen LogP contribution in [-0.2, 0) is 6.42 Å². The van der Waals surface area contributed by atoms with Gasteiger partial charge >= 0.3 is 0 Å². The van der Waals surface area contributed by atoms with Gasteiger partial charge in [-0.15, -0.1) is 0 Å². The first-order chi connectivity index (χ1) is 6.36. The molecule has 0 aliphatic heterocycles. The van der Waals surface area contributed by atoms with Crippen molar-refractivity contribution in [2.45, 2.75) is 13.3 Å². The maximum absolute atomic E-state index is 5.25. The number of hydrogen-bond donors (Lipinski definition) is 0. The second-order valence-corrected chi connectivity index (χ2v) is 2.86. The minimum absolute atomic E-state index is 0.840. The summed E-state index contributed by atoms with van der Waals surface area (Å²) in [5.41, 5.74) is 1.08. The number of methoxy groups -OCH3 is 1. The van der Waals surface area contributed by atoms with E-state index in [0.29, 0.717) is 0 Å².